The minimum atomic E-state index is -0.740. The summed E-state index contributed by atoms with van der Waals surface area (Å²) in [5.74, 6) is -1.58. The Kier molecular flexibility index (Phi) is 6.08. The Balaban J connectivity index is 1.34. The number of ether oxygens (including phenoxy) is 2. The number of aromatic nitrogens is 1. The molecule has 0 spiro atoms. The van der Waals surface area contributed by atoms with Crippen LogP contribution in [-0.2, 0) is 11.3 Å². The summed E-state index contributed by atoms with van der Waals surface area (Å²) in [5, 5.41) is 0.747. The number of H-pyrrole nitrogens is 1. The van der Waals surface area contributed by atoms with Crippen LogP contribution in [0.1, 0.15) is 53.9 Å². The number of amides is 2. The van der Waals surface area contributed by atoms with Crippen LogP contribution < -0.4 is 4.74 Å². The third-order valence-corrected chi connectivity index (χ3v) is 6.01. The summed E-state index contributed by atoms with van der Waals surface area (Å²) >= 11 is 0. The van der Waals surface area contributed by atoms with Crippen LogP contribution in [0.2, 0.25) is 0 Å². The fourth-order valence-electron chi connectivity index (χ4n) is 4.27. The number of nitrogens with one attached hydrogen (secondary N) is 1. The van der Waals surface area contributed by atoms with Crippen LogP contribution in [-0.4, -0.2) is 46.7 Å². The van der Waals surface area contributed by atoms with Crippen molar-refractivity contribution in [3.05, 3.63) is 101 Å². The van der Waals surface area contributed by atoms with E-state index >= 15 is 0 Å². The van der Waals surface area contributed by atoms with Gasteiger partial charge in [-0.2, -0.15) is 0 Å². The van der Waals surface area contributed by atoms with Crippen molar-refractivity contribution in [1.82, 2.24) is 9.88 Å². The lowest BCUT2D eigenvalue weighted by atomic mass is 10.1. The molecule has 1 aliphatic heterocycles. The molecule has 0 saturated heterocycles. The number of carbonyl (C=O) groups is 4. The Morgan fingerprint density at radius 3 is 2.31 bits per heavy atom. The Morgan fingerprint density at radius 2 is 1.58 bits per heavy atom. The van der Waals surface area contributed by atoms with Gasteiger partial charge in [0.25, 0.3) is 11.8 Å². The molecule has 36 heavy (non-hydrogen) atoms. The first-order valence-electron chi connectivity index (χ1n) is 11.4. The standard InChI is InChI=1S/C28H22N2O6/c1-2-35-25-12-11-17(15-30-26(32)19-8-3-4-9-20(19)27(30)33)13-21(25)28(34)36-16-24(31)22-14-29-23-10-6-5-7-18(22)23/h3-14,29H,2,15-16H2,1H3. The van der Waals surface area contributed by atoms with Crippen LogP contribution in [0.4, 0.5) is 0 Å². The highest BCUT2D eigenvalue weighted by Gasteiger charge is 2.35. The smallest absolute Gasteiger partial charge is 0.342 e. The van der Waals surface area contributed by atoms with E-state index in [4.69, 9.17) is 9.47 Å². The van der Waals surface area contributed by atoms with Gasteiger partial charge in [0.05, 0.1) is 24.3 Å². The Hall–Kier alpha value is -4.72. The lowest BCUT2D eigenvalue weighted by molar-refractivity contribution is 0.0471. The molecule has 8 nitrogen and oxygen atoms in total. The number of esters is 1. The van der Waals surface area contributed by atoms with Crippen LogP contribution in [0.5, 0.6) is 5.75 Å². The molecule has 4 aromatic rings. The van der Waals surface area contributed by atoms with Crippen LogP contribution in [0, 0.1) is 0 Å². The molecule has 1 aromatic heterocycles. The Labute approximate surface area is 206 Å². The summed E-state index contributed by atoms with van der Waals surface area (Å²) in [7, 11) is 0. The molecule has 1 N–H and O–H groups in total. The van der Waals surface area contributed by atoms with E-state index in [1.165, 1.54) is 6.07 Å². The zero-order valence-corrected chi connectivity index (χ0v) is 19.4. The van der Waals surface area contributed by atoms with Crippen molar-refractivity contribution in [2.24, 2.45) is 0 Å². The summed E-state index contributed by atoms with van der Waals surface area (Å²) in [6.45, 7) is 1.62. The van der Waals surface area contributed by atoms with Crippen LogP contribution >= 0.6 is 0 Å². The highest BCUT2D eigenvalue weighted by atomic mass is 16.5. The number of para-hydroxylation sites is 1. The van der Waals surface area contributed by atoms with Crippen LogP contribution in [0.3, 0.4) is 0 Å². The van der Waals surface area contributed by atoms with Gasteiger partial charge in [-0.05, 0) is 42.8 Å². The predicted molar refractivity (Wildman–Crippen MR) is 131 cm³/mol. The van der Waals surface area contributed by atoms with E-state index in [0.29, 0.717) is 28.9 Å². The average molecular weight is 482 g/mol. The lowest BCUT2D eigenvalue weighted by Gasteiger charge is -2.16. The number of rotatable bonds is 8. The van der Waals surface area contributed by atoms with E-state index in [9.17, 15) is 19.2 Å². The predicted octanol–water partition coefficient (Wildman–Crippen LogP) is 4.40. The van der Waals surface area contributed by atoms with E-state index < -0.39 is 24.4 Å². The van der Waals surface area contributed by atoms with Gasteiger partial charge in [-0.25, -0.2) is 4.79 Å². The molecule has 0 atom stereocenters. The van der Waals surface area contributed by atoms with E-state index in [0.717, 1.165) is 15.8 Å². The summed E-state index contributed by atoms with van der Waals surface area (Å²) in [5.41, 5.74) is 2.60. The fourth-order valence-corrected chi connectivity index (χ4v) is 4.27. The highest BCUT2D eigenvalue weighted by Crippen LogP contribution is 2.27. The van der Waals surface area contributed by atoms with Gasteiger partial charge in [-0.1, -0.05) is 36.4 Å². The van der Waals surface area contributed by atoms with Crippen molar-refractivity contribution in [2.45, 2.75) is 13.5 Å². The number of nitrogens with zero attached hydrogens (tertiary/aromatic N) is 1. The molecule has 2 amide bonds. The van der Waals surface area contributed by atoms with Crippen LogP contribution in [0.15, 0.2) is 72.9 Å². The van der Waals surface area contributed by atoms with Gasteiger partial charge >= 0.3 is 5.97 Å². The summed E-state index contributed by atoms with van der Waals surface area (Å²) in [4.78, 5) is 55.3. The lowest BCUT2D eigenvalue weighted by Crippen LogP contribution is -2.29. The largest absolute Gasteiger partial charge is 0.493 e. The quantitative estimate of drug-likeness (QED) is 0.227. The number of hydrogen-bond donors (Lipinski definition) is 1. The molecule has 0 radical (unpaired) electrons. The third kappa shape index (κ3) is 4.13. The fraction of sp³-hybridized carbons (Fsp3) is 0.143. The van der Waals surface area contributed by atoms with Gasteiger partial charge < -0.3 is 14.5 Å². The van der Waals surface area contributed by atoms with Gasteiger partial charge in [-0.3, -0.25) is 19.3 Å². The number of imide groups is 1. The monoisotopic (exact) mass is 482 g/mol. The zero-order valence-electron chi connectivity index (χ0n) is 19.4. The van der Waals surface area contributed by atoms with Gasteiger partial charge in [0.2, 0.25) is 5.78 Å². The molecular formula is C28H22N2O6. The average Bonchev–Trinajstić information content (AvgIpc) is 3.43. The number of aromatic amines is 1. The maximum absolute atomic E-state index is 13.0. The first kappa shape index (κ1) is 23.0. The van der Waals surface area contributed by atoms with Crippen molar-refractivity contribution < 1.29 is 28.7 Å². The molecule has 3 aromatic carbocycles. The van der Waals surface area contributed by atoms with Crippen molar-refractivity contribution in [3.63, 3.8) is 0 Å². The van der Waals surface area contributed by atoms with Crippen molar-refractivity contribution in [3.8, 4) is 5.75 Å². The summed E-state index contributed by atoms with van der Waals surface area (Å²) < 4.78 is 10.9. The number of hydrogen-bond acceptors (Lipinski definition) is 6. The minimum absolute atomic E-state index is 0.0205. The molecule has 0 fully saturated rings. The topological polar surface area (TPSA) is 106 Å². The second-order valence-electron chi connectivity index (χ2n) is 8.25. The van der Waals surface area contributed by atoms with Gasteiger partial charge in [0, 0.05) is 22.7 Å². The Bertz CT molecular complexity index is 1480. The van der Waals surface area contributed by atoms with E-state index in [-0.39, 0.29) is 23.6 Å². The number of Topliss-reactive ketones (excluding diaryl/α,β-unsaturated/α-hetero) is 1. The first-order chi connectivity index (χ1) is 17.5. The molecule has 1 aliphatic rings. The number of carbonyl (C=O) groups excluding carboxylic acids is 4. The molecule has 0 aliphatic carbocycles. The maximum atomic E-state index is 13.0. The molecule has 0 unspecified atom stereocenters. The molecule has 5 rings (SSSR count). The molecular weight excluding hydrogens is 460 g/mol. The summed E-state index contributed by atoms with van der Waals surface area (Å²) in [6.07, 6.45) is 1.59. The second kappa shape index (κ2) is 9.50. The zero-order chi connectivity index (χ0) is 25.2. The molecule has 8 heteroatoms. The van der Waals surface area contributed by atoms with Gasteiger partial charge in [0.15, 0.2) is 6.61 Å². The maximum Gasteiger partial charge on any atom is 0.342 e. The number of ketones is 1. The second-order valence-corrected chi connectivity index (χ2v) is 8.25. The molecule has 180 valence electrons. The van der Waals surface area contributed by atoms with E-state index in [1.807, 2.05) is 24.3 Å². The number of benzene rings is 3. The Morgan fingerprint density at radius 1 is 0.889 bits per heavy atom. The normalized spacial score (nSPS) is 12.6. The molecule has 2 heterocycles. The van der Waals surface area contributed by atoms with Crippen molar-refractivity contribution in [1.29, 1.82) is 0 Å². The molecule has 0 bridgehead atoms. The highest BCUT2D eigenvalue weighted by molar-refractivity contribution is 6.21. The first-order valence-corrected chi connectivity index (χ1v) is 11.4. The molecule has 0 saturated carbocycles. The number of fused-ring (bicyclic) bond motifs is 2. The van der Waals surface area contributed by atoms with Crippen molar-refractivity contribution >= 4 is 34.5 Å². The third-order valence-electron chi connectivity index (χ3n) is 6.01. The van der Waals surface area contributed by atoms with Gasteiger partial charge in [-0.15, -0.1) is 0 Å². The van der Waals surface area contributed by atoms with Gasteiger partial charge in [0.1, 0.15) is 11.3 Å². The van der Waals surface area contributed by atoms with Crippen LogP contribution in [0.25, 0.3) is 10.9 Å². The van der Waals surface area contributed by atoms with E-state index in [2.05, 4.69) is 4.98 Å². The van der Waals surface area contributed by atoms with E-state index in [1.54, 1.807) is 49.5 Å². The minimum Gasteiger partial charge on any atom is -0.493 e. The SMILES string of the molecule is CCOc1ccc(CN2C(=O)c3ccccc3C2=O)cc1C(=O)OCC(=O)c1c[nH]c2ccccc12. The van der Waals surface area contributed by atoms with Crippen molar-refractivity contribution in [2.75, 3.05) is 13.2 Å². The summed E-state index contributed by atoms with van der Waals surface area (Å²) in [6, 6.07) is 18.8.